The van der Waals surface area contributed by atoms with Crippen molar-refractivity contribution in [2.24, 2.45) is 0 Å². The van der Waals surface area contributed by atoms with Gasteiger partial charge in [-0.15, -0.1) is 0 Å². The van der Waals surface area contributed by atoms with E-state index in [2.05, 4.69) is 5.32 Å². The Bertz CT molecular complexity index is 714. The molecule has 2 atom stereocenters. The van der Waals surface area contributed by atoms with Gasteiger partial charge in [0.1, 0.15) is 11.6 Å². The van der Waals surface area contributed by atoms with Crippen LogP contribution in [-0.2, 0) is 11.3 Å². The highest BCUT2D eigenvalue weighted by atomic mass is 19.1. The number of rotatable bonds is 4. The lowest BCUT2D eigenvalue weighted by Crippen LogP contribution is -2.45. The summed E-state index contributed by atoms with van der Waals surface area (Å²) < 4.78 is 24.1. The smallest absolute Gasteiger partial charge is 0.317 e. The molecule has 1 aliphatic heterocycles. The number of hydrogen-bond donors (Lipinski definition) is 1. The molecule has 0 bridgehead atoms. The van der Waals surface area contributed by atoms with Gasteiger partial charge in [0.05, 0.1) is 18.9 Å². The minimum absolute atomic E-state index is 0.0317. The highest BCUT2D eigenvalue weighted by molar-refractivity contribution is 5.74. The molecule has 0 aliphatic carbocycles. The lowest BCUT2D eigenvalue weighted by molar-refractivity contribution is 0.00155. The van der Waals surface area contributed by atoms with E-state index in [1.54, 1.807) is 30.3 Å². The van der Waals surface area contributed by atoms with Crippen LogP contribution in [0.15, 0.2) is 41.0 Å². The molecule has 2 heterocycles. The normalized spacial score (nSPS) is 20.3. The molecule has 25 heavy (non-hydrogen) atoms. The minimum Gasteiger partial charge on any atom is -0.469 e. The molecule has 1 fully saturated rings. The summed E-state index contributed by atoms with van der Waals surface area (Å²) in [6.45, 7) is 2.95. The summed E-state index contributed by atoms with van der Waals surface area (Å²) in [6, 6.07) is 8.12. The van der Waals surface area contributed by atoms with Crippen LogP contribution in [0.25, 0.3) is 0 Å². The molecular formula is C19H23FN2O3. The number of ether oxygens (including phenoxy) is 1. The second-order valence-electron chi connectivity index (χ2n) is 6.44. The first-order valence-electron chi connectivity index (χ1n) is 8.44. The van der Waals surface area contributed by atoms with Crippen molar-refractivity contribution in [1.82, 2.24) is 10.2 Å². The molecular weight excluding hydrogens is 323 g/mol. The van der Waals surface area contributed by atoms with Crippen LogP contribution in [0, 0.1) is 12.7 Å². The Morgan fingerprint density at radius 1 is 1.32 bits per heavy atom. The average molecular weight is 346 g/mol. The molecule has 5 nitrogen and oxygen atoms in total. The summed E-state index contributed by atoms with van der Waals surface area (Å²) in [5.41, 5.74) is 1.93. The average Bonchev–Trinajstić information content (AvgIpc) is 3.00. The van der Waals surface area contributed by atoms with Crippen molar-refractivity contribution in [3.63, 3.8) is 0 Å². The zero-order valence-electron chi connectivity index (χ0n) is 14.5. The molecule has 2 unspecified atom stereocenters. The van der Waals surface area contributed by atoms with Crippen LogP contribution in [-0.4, -0.2) is 30.6 Å². The summed E-state index contributed by atoms with van der Waals surface area (Å²) in [4.78, 5) is 14.1. The number of carbonyl (C=O) groups is 1. The highest BCUT2D eigenvalue weighted by Gasteiger charge is 2.26. The molecule has 0 radical (unpaired) electrons. The number of nitrogens with one attached hydrogen (secondary N) is 1. The van der Waals surface area contributed by atoms with Gasteiger partial charge in [-0.3, -0.25) is 0 Å². The van der Waals surface area contributed by atoms with Gasteiger partial charge in [0.15, 0.2) is 0 Å². The number of furan rings is 1. The Hall–Kier alpha value is -2.34. The third-order valence-corrected chi connectivity index (χ3v) is 4.57. The molecule has 0 spiro atoms. The van der Waals surface area contributed by atoms with Crippen molar-refractivity contribution >= 4 is 6.03 Å². The first kappa shape index (κ1) is 17.5. The van der Waals surface area contributed by atoms with Gasteiger partial charge in [-0.25, -0.2) is 9.18 Å². The lowest BCUT2D eigenvalue weighted by Gasteiger charge is -2.31. The number of aryl methyl sites for hydroxylation is 1. The summed E-state index contributed by atoms with van der Waals surface area (Å²) in [6.07, 6.45) is 2.95. The van der Waals surface area contributed by atoms with Crippen molar-refractivity contribution in [3.8, 4) is 0 Å². The van der Waals surface area contributed by atoms with Crippen LogP contribution in [0.5, 0.6) is 0 Å². The molecule has 1 N–H and O–H groups in total. The number of halogens is 1. The molecule has 3 rings (SSSR count). The van der Waals surface area contributed by atoms with E-state index in [1.807, 2.05) is 13.0 Å². The fourth-order valence-corrected chi connectivity index (χ4v) is 3.03. The summed E-state index contributed by atoms with van der Waals surface area (Å²) in [5.74, 6) is 0.558. The molecule has 2 aromatic rings. The third-order valence-electron chi connectivity index (χ3n) is 4.57. The summed E-state index contributed by atoms with van der Waals surface area (Å²) in [7, 11) is 1.76. The van der Waals surface area contributed by atoms with E-state index in [1.165, 1.54) is 12.1 Å². The maximum Gasteiger partial charge on any atom is 0.317 e. The topological polar surface area (TPSA) is 54.7 Å². The first-order chi connectivity index (χ1) is 12.0. The number of carbonyl (C=O) groups excluding carboxylic acids is 1. The van der Waals surface area contributed by atoms with E-state index in [0.717, 1.165) is 23.3 Å². The van der Waals surface area contributed by atoms with Crippen molar-refractivity contribution in [2.45, 2.75) is 38.5 Å². The zero-order valence-corrected chi connectivity index (χ0v) is 14.5. The minimum atomic E-state index is -0.263. The van der Waals surface area contributed by atoms with Gasteiger partial charge in [-0.2, -0.15) is 0 Å². The number of nitrogens with zero attached hydrogens (tertiary/aromatic N) is 1. The maximum atomic E-state index is 13.1. The quantitative estimate of drug-likeness (QED) is 0.916. The van der Waals surface area contributed by atoms with Crippen molar-refractivity contribution in [2.75, 3.05) is 13.7 Å². The Kier molecular flexibility index (Phi) is 5.38. The van der Waals surface area contributed by atoms with Crippen LogP contribution >= 0.6 is 0 Å². The lowest BCUT2D eigenvalue weighted by atomic mass is 9.97. The second-order valence-corrected chi connectivity index (χ2v) is 6.44. The van der Waals surface area contributed by atoms with Gasteiger partial charge in [-0.1, -0.05) is 12.1 Å². The number of hydrogen-bond acceptors (Lipinski definition) is 3. The number of amides is 2. The zero-order chi connectivity index (χ0) is 17.8. The second kappa shape index (κ2) is 7.70. The SMILES string of the molecule is Cc1occc1CN(C)C(=O)NC1CCOC(c2ccc(F)cc2)C1. The molecule has 1 aromatic heterocycles. The molecule has 1 aliphatic rings. The molecule has 2 amide bonds. The van der Waals surface area contributed by atoms with Crippen LogP contribution in [0.4, 0.5) is 9.18 Å². The molecule has 6 heteroatoms. The van der Waals surface area contributed by atoms with Crippen LogP contribution in [0.3, 0.4) is 0 Å². The van der Waals surface area contributed by atoms with Gasteiger partial charge in [0.25, 0.3) is 0 Å². The van der Waals surface area contributed by atoms with E-state index < -0.39 is 0 Å². The summed E-state index contributed by atoms with van der Waals surface area (Å²) in [5, 5.41) is 3.06. The predicted octanol–water partition coefficient (Wildman–Crippen LogP) is 3.79. The molecule has 1 aromatic carbocycles. The van der Waals surface area contributed by atoms with Gasteiger partial charge in [-0.05, 0) is 43.5 Å². The van der Waals surface area contributed by atoms with Crippen LogP contribution in [0.1, 0.15) is 35.8 Å². The highest BCUT2D eigenvalue weighted by Crippen LogP contribution is 2.28. The summed E-state index contributed by atoms with van der Waals surface area (Å²) >= 11 is 0. The monoisotopic (exact) mass is 346 g/mol. The largest absolute Gasteiger partial charge is 0.469 e. The van der Waals surface area contributed by atoms with Crippen molar-refractivity contribution in [3.05, 3.63) is 59.3 Å². The molecule has 134 valence electrons. The van der Waals surface area contributed by atoms with E-state index in [-0.39, 0.29) is 24.0 Å². The first-order valence-corrected chi connectivity index (χ1v) is 8.44. The fourth-order valence-electron chi connectivity index (χ4n) is 3.03. The van der Waals surface area contributed by atoms with Crippen molar-refractivity contribution < 1.29 is 18.3 Å². The van der Waals surface area contributed by atoms with Gasteiger partial charge in [0, 0.05) is 25.3 Å². The van der Waals surface area contributed by atoms with Gasteiger partial charge >= 0.3 is 6.03 Å². The molecule has 1 saturated heterocycles. The third kappa shape index (κ3) is 4.39. The standard InChI is InChI=1S/C19H23FN2O3/c1-13-15(7-9-24-13)12-22(2)19(23)21-17-8-10-25-18(11-17)14-3-5-16(20)6-4-14/h3-7,9,17-18H,8,10-12H2,1-2H3,(H,21,23). The molecule has 0 saturated carbocycles. The van der Waals surface area contributed by atoms with E-state index in [0.29, 0.717) is 19.6 Å². The fraction of sp³-hybridized carbons (Fsp3) is 0.421. The Morgan fingerprint density at radius 3 is 2.76 bits per heavy atom. The number of urea groups is 1. The maximum absolute atomic E-state index is 13.1. The Morgan fingerprint density at radius 2 is 2.08 bits per heavy atom. The van der Waals surface area contributed by atoms with E-state index >= 15 is 0 Å². The van der Waals surface area contributed by atoms with E-state index in [4.69, 9.17) is 9.15 Å². The van der Waals surface area contributed by atoms with Crippen molar-refractivity contribution in [1.29, 1.82) is 0 Å². The van der Waals surface area contributed by atoms with E-state index in [9.17, 15) is 9.18 Å². The van der Waals surface area contributed by atoms with Gasteiger partial charge < -0.3 is 19.4 Å². The number of benzene rings is 1. The Balaban J connectivity index is 1.55. The van der Waals surface area contributed by atoms with Crippen LogP contribution in [0.2, 0.25) is 0 Å². The predicted molar refractivity (Wildman–Crippen MR) is 91.6 cm³/mol. The Labute approximate surface area is 146 Å². The van der Waals surface area contributed by atoms with Gasteiger partial charge in [0.2, 0.25) is 0 Å². The van der Waals surface area contributed by atoms with Crippen LogP contribution < -0.4 is 5.32 Å².